The fourth-order valence-electron chi connectivity index (χ4n) is 2.39. The molecule has 3 nitrogen and oxygen atoms in total. The van der Waals surface area contributed by atoms with E-state index in [-0.39, 0.29) is 5.91 Å². The van der Waals surface area contributed by atoms with Crippen LogP contribution in [0.1, 0.15) is 16.5 Å². The monoisotopic (exact) mass is 390 g/mol. The highest BCUT2D eigenvalue weighted by Crippen LogP contribution is 2.27. The third kappa shape index (κ3) is 4.75. The van der Waals surface area contributed by atoms with E-state index in [0.717, 1.165) is 16.1 Å². The summed E-state index contributed by atoms with van der Waals surface area (Å²) in [4.78, 5) is 13.9. The molecule has 3 aromatic rings. The maximum absolute atomic E-state index is 12.8. The van der Waals surface area contributed by atoms with Gasteiger partial charge in [-0.3, -0.25) is 4.79 Å². The molecule has 25 heavy (non-hydrogen) atoms. The summed E-state index contributed by atoms with van der Waals surface area (Å²) in [7, 11) is 0. The summed E-state index contributed by atoms with van der Waals surface area (Å²) in [6, 6.07) is 18.2. The fraction of sp³-hybridized carbons (Fsp3) is 0.105. The van der Waals surface area contributed by atoms with Crippen molar-refractivity contribution in [3.63, 3.8) is 0 Å². The summed E-state index contributed by atoms with van der Waals surface area (Å²) in [5.74, 6) is -0.106. The molecule has 128 valence electrons. The van der Waals surface area contributed by atoms with Crippen LogP contribution in [0, 0.1) is 0 Å². The Morgan fingerprint density at radius 2 is 1.80 bits per heavy atom. The molecule has 0 saturated carbocycles. The molecule has 1 atom stereocenters. The van der Waals surface area contributed by atoms with Crippen molar-refractivity contribution in [3.8, 4) is 0 Å². The number of carbonyl (C=O) groups excluding carboxylic acids is 1. The second kappa shape index (κ2) is 8.39. The van der Waals surface area contributed by atoms with E-state index >= 15 is 0 Å². The zero-order chi connectivity index (χ0) is 17.6. The first-order chi connectivity index (χ1) is 12.1. The first kappa shape index (κ1) is 17.8. The summed E-state index contributed by atoms with van der Waals surface area (Å²) in [5.41, 5.74) is 1.60. The van der Waals surface area contributed by atoms with Crippen LogP contribution in [0.25, 0.3) is 0 Å². The van der Waals surface area contributed by atoms with E-state index in [4.69, 9.17) is 23.2 Å². The lowest BCUT2D eigenvalue weighted by atomic mass is 10.1. The van der Waals surface area contributed by atoms with Gasteiger partial charge in [0.25, 0.3) is 0 Å². The number of nitrogens with one attached hydrogen (secondary N) is 2. The minimum atomic E-state index is -0.529. The Hall–Kier alpha value is -2.01. The molecule has 2 N–H and O–H groups in total. The highest BCUT2D eigenvalue weighted by Gasteiger charge is 2.20. The van der Waals surface area contributed by atoms with Crippen LogP contribution in [0.4, 0.5) is 5.69 Å². The van der Waals surface area contributed by atoms with E-state index in [1.807, 2.05) is 47.8 Å². The highest BCUT2D eigenvalue weighted by molar-refractivity contribution is 7.09. The number of carbonyl (C=O) groups is 1. The Balaban J connectivity index is 1.79. The van der Waals surface area contributed by atoms with Crippen LogP contribution in [0.5, 0.6) is 0 Å². The topological polar surface area (TPSA) is 41.1 Å². The van der Waals surface area contributed by atoms with Gasteiger partial charge in [-0.15, -0.1) is 11.3 Å². The van der Waals surface area contributed by atoms with E-state index < -0.39 is 6.04 Å². The molecule has 3 rings (SSSR count). The third-order valence-electron chi connectivity index (χ3n) is 3.64. The number of amides is 1. The van der Waals surface area contributed by atoms with Crippen LogP contribution in [-0.2, 0) is 11.3 Å². The Kier molecular flexibility index (Phi) is 5.97. The molecule has 0 aliphatic heterocycles. The van der Waals surface area contributed by atoms with Crippen molar-refractivity contribution < 1.29 is 4.79 Å². The predicted octanol–water partition coefficient (Wildman–Crippen LogP) is 5.52. The van der Waals surface area contributed by atoms with Crippen LogP contribution < -0.4 is 10.6 Å². The van der Waals surface area contributed by atoms with Crippen molar-refractivity contribution in [2.45, 2.75) is 12.6 Å². The number of halogens is 2. The van der Waals surface area contributed by atoms with Gasteiger partial charge >= 0.3 is 0 Å². The molecule has 0 fully saturated rings. The van der Waals surface area contributed by atoms with Gasteiger partial charge in [0.1, 0.15) is 6.04 Å². The minimum absolute atomic E-state index is 0.106. The Morgan fingerprint density at radius 1 is 1.00 bits per heavy atom. The Labute approximate surface area is 160 Å². The summed E-state index contributed by atoms with van der Waals surface area (Å²) in [6.45, 7) is 0.503. The zero-order valence-corrected chi connectivity index (χ0v) is 15.5. The van der Waals surface area contributed by atoms with Gasteiger partial charge in [-0.25, -0.2) is 0 Å². The summed E-state index contributed by atoms with van der Waals surface area (Å²) < 4.78 is 0. The first-order valence-electron chi connectivity index (χ1n) is 7.70. The zero-order valence-electron chi connectivity index (χ0n) is 13.2. The summed E-state index contributed by atoms with van der Waals surface area (Å²) in [5, 5.41) is 9.13. The molecule has 1 heterocycles. The van der Waals surface area contributed by atoms with Crippen LogP contribution in [0.2, 0.25) is 10.0 Å². The van der Waals surface area contributed by atoms with Gasteiger partial charge in [0.15, 0.2) is 0 Å². The largest absolute Gasteiger partial charge is 0.370 e. The van der Waals surface area contributed by atoms with Gasteiger partial charge in [0.05, 0.1) is 16.6 Å². The van der Waals surface area contributed by atoms with Crippen molar-refractivity contribution >= 4 is 46.1 Å². The maximum atomic E-state index is 12.8. The molecular formula is C19H16Cl2N2OS. The average molecular weight is 391 g/mol. The van der Waals surface area contributed by atoms with Gasteiger partial charge in [-0.05, 0) is 35.2 Å². The quantitative estimate of drug-likeness (QED) is 0.581. The van der Waals surface area contributed by atoms with Crippen LogP contribution in [0.15, 0.2) is 66.0 Å². The maximum Gasteiger partial charge on any atom is 0.247 e. The molecule has 0 spiro atoms. The Bertz CT molecular complexity index is 838. The predicted molar refractivity (Wildman–Crippen MR) is 105 cm³/mol. The molecule has 0 saturated heterocycles. The van der Waals surface area contributed by atoms with Gasteiger partial charge in [-0.2, -0.15) is 0 Å². The number of hydrogen-bond acceptors (Lipinski definition) is 3. The first-order valence-corrected chi connectivity index (χ1v) is 9.33. The van der Waals surface area contributed by atoms with E-state index in [1.54, 1.807) is 29.5 Å². The number of rotatable bonds is 6. The summed E-state index contributed by atoms with van der Waals surface area (Å²) in [6.07, 6.45) is 0. The number of hydrogen-bond donors (Lipinski definition) is 2. The minimum Gasteiger partial charge on any atom is -0.370 e. The van der Waals surface area contributed by atoms with Crippen molar-refractivity contribution in [1.82, 2.24) is 5.32 Å². The van der Waals surface area contributed by atoms with E-state index in [2.05, 4.69) is 10.6 Å². The smallest absolute Gasteiger partial charge is 0.247 e. The lowest BCUT2D eigenvalue weighted by molar-refractivity contribution is -0.122. The van der Waals surface area contributed by atoms with Crippen molar-refractivity contribution in [2.75, 3.05) is 5.32 Å². The number of benzene rings is 2. The standard InChI is InChI=1S/C19H16Cl2N2OS/c20-16-9-8-14(11-17(16)21)23-18(13-5-2-1-3-6-13)19(24)22-12-15-7-4-10-25-15/h1-11,18,23H,12H2,(H,22,24). The average Bonchev–Trinajstić information content (AvgIpc) is 3.15. The van der Waals surface area contributed by atoms with Crippen LogP contribution in [0.3, 0.4) is 0 Å². The van der Waals surface area contributed by atoms with E-state index in [9.17, 15) is 4.79 Å². The van der Waals surface area contributed by atoms with Crippen LogP contribution in [-0.4, -0.2) is 5.91 Å². The van der Waals surface area contributed by atoms with E-state index in [0.29, 0.717) is 16.6 Å². The van der Waals surface area contributed by atoms with Gasteiger partial charge in [-0.1, -0.05) is 59.6 Å². The molecule has 2 aromatic carbocycles. The molecule has 6 heteroatoms. The third-order valence-corrected chi connectivity index (χ3v) is 5.26. The SMILES string of the molecule is O=C(NCc1cccs1)C(Nc1ccc(Cl)c(Cl)c1)c1ccccc1. The molecular weight excluding hydrogens is 375 g/mol. The van der Waals surface area contributed by atoms with Crippen LogP contribution >= 0.6 is 34.5 Å². The van der Waals surface area contributed by atoms with Crippen molar-refractivity contribution in [2.24, 2.45) is 0 Å². The molecule has 0 radical (unpaired) electrons. The molecule has 0 bridgehead atoms. The summed E-state index contributed by atoms with van der Waals surface area (Å²) >= 11 is 13.7. The second-order valence-corrected chi connectivity index (χ2v) is 7.26. The van der Waals surface area contributed by atoms with Gasteiger partial charge in [0, 0.05) is 10.6 Å². The molecule has 0 aliphatic carbocycles. The highest BCUT2D eigenvalue weighted by atomic mass is 35.5. The number of anilines is 1. The van der Waals surface area contributed by atoms with Crippen molar-refractivity contribution in [3.05, 3.63) is 86.5 Å². The van der Waals surface area contributed by atoms with Crippen molar-refractivity contribution in [1.29, 1.82) is 0 Å². The fourth-order valence-corrected chi connectivity index (χ4v) is 3.33. The lowest BCUT2D eigenvalue weighted by Gasteiger charge is -2.20. The normalized spacial score (nSPS) is 11.8. The van der Waals surface area contributed by atoms with E-state index in [1.165, 1.54) is 0 Å². The molecule has 1 amide bonds. The molecule has 0 aliphatic rings. The molecule has 1 aromatic heterocycles. The number of thiophene rings is 1. The van der Waals surface area contributed by atoms with Gasteiger partial charge in [0.2, 0.25) is 5.91 Å². The second-order valence-electron chi connectivity index (χ2n) is 5.41. The van der Waals surface area contributed by atoms with Gasteiger partial charge < -0.3 is 10.6 Å². The molecule has 1 unspecified atom stereocenters. The lowest BCUT2D eigenvalue weighted by Crippen LogP contribution is -2.33. The Morgan fingerprint density at radius 3 is 2.48 bits per heavy atom.